The van der Waals surface area contributed by atoms with Gasteiger partial charge in [0.2, 0.25) is 0 Å². The molecule has 2 fully saturated rings. The van der Waals surface area contributed by atoms with Gasteiger partial charge in [-0.05, 0) is 95.7 Å². The SMILES string of the molecule is CC(C)C1CCC(N(C)C)CC1.COCN(C)C1CCC(C(C)(C)C)CC1. The van der Waals surface area contributed by atoms with Crippen LogP contribution in [-0.2, 0) is 4.74 Å². The summed E-state index contributed by atoms with van der Waals surface area (Å²) in [4.78, 5) is 4.73. The molecule has 3 nitrogen and oxygen atoms in total. The van der Waals surface area contributed by atoms with E-state index in [-0.39, 0.29) is 0 Å². The van der Waals surface area contributed by atoms with Gasteiger partial charge in [-0.3, -0.25) is 4.90 Å². The molecule has 0 radical (unpaired) electrons. The fourth-order valence-corrected chi connectivity index (χ4v) is 4.98. The molecule has 0 aromatic rings. The molecule has 27 heavy (non-hydrogen) atoms. The molecule has 0 spiro atoms. The predicted molar refractivity (Wildman–Crippen MR) is 119 cm³/mol. The molecular formula is C24H50N2O. The molecule has 0 N–H and O–H groups in total. The summed E-state index contributed by atoms with van der Waals surface area (Å²) in [5.41, 5.74) is 0.491. The summed E-state index contributed by atoms with van der Waals surface area (Å²) in [6, 6.07) is 1.60. The maximum Gasteiger partial charge on any atom is 0.0986 e. The lowest BCUT2D eigenvalue weighted by atomic mass is 9.71. The molecule has 0 atom stereocenters. The highest BCUT2D eigenvalue weighted by Crippen LogP contribution is 2.38. The molecule has 0 unspecified atom stereocenters. The fourth-order valence-electron chi connectivity index (χ4n) is 4.98. The standard InChI is InChI=1S/C13H27NO.C11H23N/c1-13(2,3)11-6-8-12(9-7-11)14(4)10-15-5;1-9(2)10-5-7-11(8-6-10)12(3)4/h11-12H,6-10H2,1-5H3;9-11H,5-8H2,1-4H3. The van der Waals surface area contributed by atoms with Crippen molar-refractivity contribution in [3.05, 3.63) is 0 Å². The second-order valence-electron chi connectivity index (χ2n) is 10.8. The van der Waals surface area contributed by atoms with Crippen molar-refractivity contribution in [1.82, 2.24) is 9.80 Å². The average Bonchev–Trinajstić information content (AvgIpc) is 2.62. The number of hydrogen-bond donors (Lipinski definition) is 0. The van der Waals surface area contributed by atoms with Crippen LogP contribution < -0.4 is 0 Å². The molecule has 2 saturated carbocycles. The lowest BCUT2D eigenvalue weighted by Crippen LogP contribution is -2.38. The van der Waals surface area contributed by atoms with Crippen molar-refractivity contribution in [1.29, 1.82) is 0 Å². The normalized spacial score (nSPS) is 29.8. The van der Waals surface area contributed by atoms with Gasteiger partial charge < -0.3 is 9.64 Å². The molecule has 0 saturated heterocycles. The minimum absolute atomic E-state index is 0.491. The summed E-state index contributed by atoms with van der Waals surface area (Å²) in [5.74, 6) is 2.80. The van der Waals surface area contributed by atoms with Crippen LogP contribution in [0.4, 0.5) is 0 Å². The Morgan fingerprint density at radius 1 is 0.815 bits per heavy atom. The third-order valence-electron chi connectivity index (χ3n) is 7.29. The van der Waals surface area contributed by atoms with Crippen LogP contribution in [0.1, 0.15) is 86.0 Å². The maximum atomic E-state index is 5.18. The third kappa shape index (κ3) is 8.83. The molecule has 0 aliphatic heterocycles. The summed E-state index contributed by atoms with van der Waals surface area (Å²) < 4.78 is 5.18. The quantitative estimate of drug-likeness (QED) is 0.551. The molecule has 0 aromatic heterocycles. The monoisotopic (exact) mass is 382 g/mol. The molecule has 162 valence electrons. The number of nitrogens with zero attached hydrogens (tertiary/aromatic N) is 2. The highest BCUT2D eigenvalue weighted by molar-refractivity contribution is 4.83. The fraction of sp³-hybridized carbons (Fsp3) is 1.00. The Bertz CT molecular complexity index is 356. The zero-order valence-corrected chi connectivity index (χ0v) is 20.1. The smallest absolute Gasteiger partial charge is 0.0986 e. The van der Waals surface area contributed by atoms with Gasteiger partial charge in [0.15, 0.2) is 0 Å². The van der Waals surface area contributed by atoms with Gasteiger partial charge in [-0.1, -0.05) is 34.6 Å². The van der Waals surface area contributed by atoms with Crippen LogP contribution in [0.5, 0.6) is 0 Å². The van der Waals surface area contributed by atoms with Gasteiger partial charge in [0.05, 0.1) is 6.73 Å². The van der Waals surface area contributed by atoms with E-state index >= 15 is 0 Å². The van der Waals surface area contributed by atoms with Crippen molar-refractivity contribution >= 4 is 0 Å². The first-order valence-electron chi connectivity index (χ1n) is 11.4. The molecule has 0 aromatic carbocycles. The Morgan fingerprint density at radius 3 is 1.67 bits per heavy atom. The van der Waals surface area contributed by atoms with Gasteiger partial charge >= 0.3 is 0 Å². The molecule has 2 aliphatic rings. The summed E-state index contributed by atoms with van der Waals surface area (Å²) >= 11 is 0. The van der Waals surface area contributed by atoms with Gasteiger partial charge in [0, 0.05) is 19.2 Å². The van der Waals surface area contributed by atoms with E-state index in [0.717, 1.165) is 36.6 Å². The lowest BCUT2D eigenvalue weighted by Gasteiger charge is -2.39. The third-order valence-corrected chi connectivity index (χ3v) is 7.29. The van der Waals surface area contributed by atoms with Crippen LogP contribution in [0.15, 0.2) is 0 Å². The molecule has 2 rings (SSSR count). The van der Waals surface area contributed by atoms with E-state index in [1.54, 1.807) is 7.11 Å². The first kappa shape index (κ1) is 24.9. The first-order valence-corrected chi connectivity index (χ1v) is 11.4. The molecule has 0 heterocycles. The van der Waals surface area contributed by atoms with E-state index in [1.165, 1.54) is 51.4 Å². The summed E-state index contributed by atoms with van der Waals surface area (Å²) in [5, 5.41) is 0. The van der Waals surface area contributed by atoms with E-state index < -0.39 is 0 Å². The van der Waals surface area contributed by atoms with Crippen LogP contribution in [-0.4, -0.2) is 56.9 Å². The van der Waals surface area contributed by atoms with Crippen molar-refractivity contribution in [2.24, 2.45) is 23.2 Å². The summed E-state index contributed by atoms with van der Waals surface area (Å²) in [6.07, 6.45) is 11.1. The van der Waals surface area contributed by atoms with Crippen molar-refractivity contribution in [3.63, 3.8) is 0 Å². The molecule has 0 bridgehead atoms. The number of ether oxygens (including phenoxy) is 1. The topological polar surface area (TPSA) is 15.7 Å². The Morgan fingerprint density at radius 2 is 1.30 bits per heavy atom. The largest absolute Gasteiger partial charge is 0.369 e. The second kappa shape index (κ2) is 11.8. The van der Waals surface area contributed by atoms with Crippen molar-refractivity contribution in [2.45, 2.75) is 98.1 Å². The van der Waals surface area contributed by atoms with Gasteiger partial charge in [-0.2, -0.15) is 0 Å². The molecule has 2 aliphatic carbocycles. The number of methoxy groups -OCH3 is 1. The minimum atomic E-state index is 0.491. The van der Waals surface area contributed by atoms with Crippen molar-refractivity contribution < 1.29 is 4.74 Å². The lowest BCUT2D eigenvalue weighted by molar-refractivity contribution is 0.0261. The summed E-state index contributed by atoms with van der Waals surface area (Å²) in [6.45, 7) is 12.6. The Hall–Kier alpha value is -0.120. The predicted octanol–water partition coefficient (Wildman–Crippen LogP) is 5.89. The molecule has 3 heteroatoms. The zero-order chi connectivity index (χ0) is 20.6. The molecule has 0 amide bonds. The highest BCUT2D eigenvalue weighted by atomic mass is 16.5. The second-order valence-corrected chi connectivity index (χ2v) is 10.8. The zero-order valence-electron chi connectivity index (χ0n) is 20.1. The summed E-state index contributed by atoms with van der Waals surface area (Å²) in [7, 11) is 8.36. The maximum absolute atomic E-state index is 5.18. The Kier molecular flexibility index (Phi) is 10.9. The van der Waals surface area contributed by atoms with E-state index in [1.807, 2.05) is 0 Å². The number of hydrogen-bond acceptors (Lipinski definition) is 3. The van der Waals surface area contributed by atoms with Crippen LogP contribution in [0.2, 0.25) is 0 Å². The van der Waals surface area contributed by atoms with E-state index in [4.69, 9.17) is 4.74 Å². The van der Waals surface area contributed by atoms with Gasteiger partial charge in [0.1, 0.15) is 0 Å². The van der Waals surface area contributed by atoms with Gasteiger partial charge in [-0.15, -0.1) is 0 Å². The van der Waals surface area contributed by atoms with Crippen molar-refractivity contribution in [2.75, 3.05) is 35.0 Å². The Labute approximate surface area is 171 Å². The van der Waals surface area contributed by atoms with Crippen LogP contribution >= 0.6 is 0 Å². The van der Waals surface area contributed by atoms with Crippen LogP contribution in [0.3, 0.4) is 0 Å². The highest BCUT2D eigenvalue weighted by Gasteiger charge is 2.30. The van der Waals surface area contributed by atoms with Gasteiger partial charge in [-0.25, -0.2) is 0 Å². The minimum Gasteiger partial charge on any atom is -0.369 e. The average molecular weight is 383 g/mol. The van der Waals surface area contributed by atoms with Crippen LogP contribution in [0, 0.1) is 23.2 Å². The molecular weight excluding hydrogens is 332 g/mol. The van der Waals surface area contributed by atoms with Crippen molar-refractivity contribution in [3.8, 4) is 0 Å². The Balaban J connectivity index is 0.000000277. The first-order chi connectivity index (χ1) is 12.6. The van der Waals surface area contributed by atoms with E-state index in [2.05, 4.69) is 65.6 Å². The van der Waals surface area contributed by atoms with E-state index in [9.17, 15) is 0 Å². The van der Waals surface area contributed by atoms with Crippen LogP contribution in [0.25, 0.3) is 0 Å². The number of rotatable bonds is 5. The van der Waals surface area contributed by atoms with Gasteiger partial charge in [0.25, 0.3) is 0 Å². The van der Waals surface area contributed by atoms with E-state index in [0.29, 0.717) is 5.41 Å².